The number of fused-ring (bicyclic) bond motifs is 1. The van der Waals surface area contributed by atoms with Crippen LogP contribution in [0.5, 0.6) is 0 Å². The SMILES string of the molecule is CCc1nn(CCCCCN(C)C(=O)OC(C)(C)C)c2ccc(F)cc12. The van der Waals surface area contributed by atoms with Crippen LogP contribution in [0, 0.1) is 5.82 Å². The number of carbonyl (C=O) groups is 1. The number of amides is 1. The maximum absolute atomic E-state index is 13.5. The van der Waals surface area contributed by atoms with E-state index in [0.717, 1.165) is 48.8 Å². The third kappa shape index (κ3) is 5.44. The van der Waals surface area contributed by atoms with E-state index < -0.39 is 5.60 Å². The van der Waals surface area contributed by atoms with Crippen molar-refractivity contribution in [3.63, 3.8) is 0 Å². The molecule has 0 radical (unpaired) electrons. The van der Waals surface area contributed by atoms with Gasteiger partial charge in [-0.2, -0.15) is 5.10 Å². The Morgan fingerprint density at radius 1 is 1.27 bits per heavy atom. The van der Waals surface area contributed by atoms with Crippen molar-refractivity contribution in [1.82, 2.24) is 14.7 Å². The minimum atomic E-state index is -0.469. The molecule has 26 heavy (non-hydrogen) atoms. The first-order valence-electron chi connectivity index (χ1n) is 9.30. The summed E-state index contributed by atoms with van der Waals surface area (Å²) in [4.78, 5) is 13.5. The molecule has 0 aliphatic heterocycles. The zero-order valence-electron chi connectivity index (χ0n) is 16.5. The summed E-state index contributed by atoms with van der Waals surface area (Å²) in [7, 11) is 1.76. The van der Waals surface area contributed by atoms with E-state index in [1.807, 2.05) is 32.4 Å². The van der Waals surface area contributed by atoms with E-state index in [1.54, 1.807) is 24.1 Å². The van der Waals surface area contributed by atoms with E-state index >= 15 is 0 Å². The van der Waals surface area contributed by atoms with Crippen molar-refractivity contribution < 1.29 is 13.9 Å². The van der Waals surface area contributed by atoms with Gasteiger partial charge >= 0.3 is 6.09 Å². The van der Waals surface area contributed by atoms with Gasteiger partial charge in [-0.25, -0.2) is 9.18 Å². The van der Waals surface area contributed by atoms with Gasteiger partial charge in [-0.3, -0.25) is 4.68 Å². The third-order valence-electron chi connectivity index (χ3n) is 4.19. The lowest BCUT2D eigenvalue weighted by Gasteiger charge is -2.24. The first-order chi connectivity index (χ1) is 12.2. The average Bonchev–Trinajstić information content (AvgIpc) is 2.89. The zero-order valence-corrected chi connectivity index (χ0v) is 16.5. The highest BCUT2D eigenvalue weighted by Gasteiger charge is 2.19. The van der Waals surface area contributed by atoms with Crippen molar-refractivity contribution >= 4 is 17.0 Å². The van der Waals surface area contributed by atoms with Gasteiger partial charge in [-0.05, 0) is 64.7 Å². The minimum Gasteiger partial charge on any atom is -0.444 e. The molecule has 0 aliphatic carbocycles. The molecule has 0 unspecified atom stereocenters. The van der Waals surface area contributed by atoms with Crippen LogP contribution >= 0.6 is 0 Å². The van der Waals surface area contributed by atoms with Gasteiger partial charge in [0.15, 0.2) is 0 Å². The normalized spacial score (nSPS) is 11.8. The van der Waals surface area contributed by atoms with Gasteiger partial charge in [0, 0.05) is 25.5 Å². The number of halogens is 1. The van der Waals surface area contributed by atoms with E-state index in [0.29, 0.717) is 6.54 Å². The first kappa shape index (κ1) is 20.2. The maximum Gasteiger partial charge on any atom is 0.410 e. The fourth-order valence-corrected chi connectivity index (χ4v) is 2.87. The smallest absolute Gasteiger partial charge is 0.410 e. The fourth-order valence-electron chi connectivity index (χ4n) is 2.87. The highest BCUT2D eigenvalue weighted by atomic mass is 19.1. The van der Waals surface area contributed by atoms with Crippen molar-refractivity contribution in [3.05, 3.63) is 29.7 Å². The largest absolute Gasteiger partial charge is 0.444 e. The Kier molecular flexibility index (Phi) is 6.62. The molecule has 0 atom stereocenters. The Hall–Kier alpha value is -2.11. The van der Waals surface area contributed by atoms with Gasteiger partial charge < -0.3 is 9.64 Å². The van der Waals surface area contributed by atoms with E-state index in [4.69, 9.17) is 4.74 Å². The molecule has 1 aromatic heterocycles. The molecule has 0 saturated heterocycles. The molecule has 0 N–H and O–H groups in total. The molecule has 6 heteroatoms. The number of ether oxygens (including phenoxy) is 1. The molecule has 1 heterocycles. The molecule has 2 rings (SSSR count). The Labute approximate surface area is 155 Å². The van der Waals surface area contributed by atoms with Gasteiger partial charge in [0.05, 0.1) is 11.2 Å². The Bertz CT molecular complexity index is 749. The van der Waals surface area contributed by atoms with Crippen LogP contribution in [-0.4, -0.2) is 40.0 Å². The maximum atomic E-state index is 13.5. The number of carbonyl (C=O) groups excluding carboxylic acids is 1. The molecule has 0 fully saturated rings. The molecule has 0 saturated carbocycles. The van der Waals surface area contributed by atoms with E-state index in [2.05, 4.69) is 5.10 Å². The minimum absolute atomic E-state index is 0.225. The summed E-state index contributed by atoms with van der Waals surface area (Å²) in [5.41, 5.74) is 1.45. The number of aryl methyl sites for hydroxylation is 2. The van der Waals surface area contributed by atoms with Gasteiger partial charge in [0.1, 0.15) is 11.4 Å². The summed E-state index contributed by atoms with van der Waals surface area (Å²) in [6.45, 7) is 9.08. The van der Waals surface area contributed by atoms with Crippen LogP contribution in [0.2, 0.25) is 0 Å². The first-order valence-corrected chi connectivity index (χ1v) is 9.30. The van der Waals surface area contributed by atoms with Crippen molar-refractivity contribution in [2.75, 3.05) is 13.6 Å². The predicted octanol–water partition coefficient (Wildman–Crippen LogP) is 4.78. The second-order valence-corrected chi connectivity index (χ2v) is 7.65. The molecule has 0 spiro atoms. The van der Waals surface area contributed by atoms with Crippen molar-refractivity contribution in [3.8, 4) is 0 Å². The number of aromatic nitrogens is 2. The average molecular weight is 363 g/mol. The predicted molar refractivity (Wildman–Crippen MR) is 102 cm³/mol. The summed E-state index contributed by atoms with van der Waals surface area (Å²) in [5.74, 6) is -0.225. The molecule has 0 aliphatic rings. The van der Waals surface area contributed by atoms with Gasteiger partial charge in [0.2, 0.25) is 0 Å². The van der Waals surface area contributed by atoms with Crippen LogP contribution in [0.25, 0.3) is 10.9 Å². The Morgan fingerprint density at radius 3 is 2.65 bits per heavy atom. The topological polar surface area (TPSA) is 47.4 Å². The number of unbranched alkanes of at least 4 members (excludes halogenated alkanes) is 2. The van der Waals surface area contributed by atoms with E-state index in [-0.39, 0.29) is 11.9 Å². The molecule has 0 bridgehead atoms. The van der Waals surface area contributed by atoms with Crippen molar-refractivity contribution in [1.29, 1.82) is 0 Å². The van der Waals surface area contributed by atoms with Crippen LogP contribution in [0.3, 0.4) is 0 Å². The quantitative estimate of drug-likeness (QED) is 0.666. The second kappa shape index (κ2) is 8.52. The summed E-state index contributed by atoms with van der Waals surface area (Å²) >= 11 is 0. The third-order valence-corrected chi connectivity index (χ3v) is 4.19. The monoisotopic (exact) mass is 363 g/mol. The summed E-state index contributed by atoms with van der Waals surface area (Å²) < 4.78 is 20.8. The standard InChI is InChI=1S/C20H30FN3O2/c1-6-17-16-14-15(21)10-11-18(16)24(22-17)13-9-7-8-12-23(5)19(25)26-20(2,3)4/h10-11,14H,6-9,12-13H2,1-5H3. The lowest BCUT2D eigenvalue weighted by Crippen LogP contribution is -2.34. The number of benzene rings is 1. The number of nitrogens with zero attached hydrogens (tertiary/aromatic N) is 3. The molecule has 5 nitrogen and oxygen atoms in total. The fraction of sp³-hybridized carbons (Fsp3) is 0.600. The van der Waals surface area contributed by atoms with Crippen LogP contribution < -0.4 is 0 Å². The van der Waals surface area contributed by atoms with Crippen LogP contribution in [-0.2, 0) is 17.7 Å². The zero-order chi connectivity index (χ0) is 19.3. The van der Waals surface area contributed by atoms with Crippen molar-refractivity contribution in [2.45, 2.75) is 65.5 Å². The van der Waals surface area contributed by atoms with E-state index in [9.17, 15) is 9.18 Å². The van der Waals surface area contributed by atoms with E-state index in [1.165, 1.54) is 6.07 Å². The molecule has 2 aromatic rings. The Morgan fingerprint density at radius 2 is 2.00 bits per heavy atom. The van der Waals surface area contributed by atoms with Gasteiger partial charge in [0.25, 0.3) is 0 Å². The highest BCUT2D eigenvalue weighted by Crippen LogP contribution is 2.21. The summed E-state index contributed by atoms with van der Waals surface area (Å²) in [6, 6.07) is 4.84. The summed E-state index contributed by atoms with van der Waals surface area (Å²) in [6.07, 6.45) is 3.35. The molecule has 144 valence electrons. The summed E-state index contributed by atoms with van der Waals surface area (Å²) in [5, 5.41) is 5.52. The molecule has 1 aromatic carbocycles. The molecule has 1 amide bonds. The van der Waals surface area contributed by atoms with Crippen molar-refractivity contribution in [2.24, 2.45) is 0 Å². The Balaban J connectivity index is 1.82. The number of rotatable bonds is 7. The van der Waals surface area contributed by atoms with Crippen LogP contribution in [0.1, 0.15) is 52.7 Å². The second-order valence-electron chi connectivity index (χ2n) is 7.65. The van der Waals surface area contributed by atoms with Gasteiger partial charge in [-0.15, -0.1) is 0 Å². The molecular formula is C20H30FN3O2. The van der Waals surface area contributed by atoms with Crippen LogP contribution in [0.4, 0.5) is 9.18 Å². The highest BCUT2D eigenvalue weighted by molar-refractivity contribution is 5.82. The van der Waals surface area contributed by atoms with Gasteiger partial charge in [-0.1, -0.05) is 6.92 Å². The van der Waals surface area contributed by atoms with Crippen LogP contribution in [0.15, 0.2) is 18.2 Å². The number of hydrogen-bond donors (Lipinski definition) is 0. The lowest BCUT2D eigenvalue weighted by atomic mass is 10.2. The lowest BCUT2D eigenvalue weighted by molar-refractivity contribution is 0.0296. The molecular weight excluding hydrogens is 333 g/mol. The number of hydrogen-bond acceptors (Lipinski definition) is 3.